The van der Waals surface area contributed by atoms with E-state index in [-0.39, 0.29) is 5.60 Å². The summed E-state index contributed by atoms with van der Waals surface area (Å²) in [6.07, 6.45) is 5.26. The Morgan fingerprint density at radius 1 is 1.53 bits per heavy atom. The van der Waals surface area contributed by atoms with Crippen LogP contribution >= 0.6 is 11.8 Å². The smallest absolute Gasteiger partial charge is 0.0783 e. The molecule has 2 nitrogen and oxygen atoms in total. The Balaban J connectivity index is 1.77. The van der Waals surface area contributed by atoms with E-state index in [4.69, 9.17) is 4.74 Å². The molecule has 0 saturated carbocycles. The van der Waals surface area contributed by atoms with E-state index in [2.05, 4.69) is 30.9 Å². The van der Waals surface area contributed by atoms with Crippen LogP contribution in [0.2, 0.25) is 0 Å². The second-order valence-electron chi connectivity index (χ2n) is 5.84. The first-order valence-corrected chi connectivity index (χ1v) is 8.32. The molecule has 0 radical (unpaired) electrons. The number of ether oxygens (including phenoxy) is 1. The summed E-state index contributed by atoms with van der Waals surface area (Å²) >= 11 is 2.08. The summed E-state index contributed by atoms with van der Waals surface area (Å²) < 4.78 is 6.08. The number of thioether (sulfide) groups is 1. The van der Waals surface area contributed by atoms with Crippen molar-refractivity contribution in [2.24, 2.45) is 11.8 Å². The van der Waals surface area contributed by atoms with Gasteiger partial charge in [0.2, 0.25) is 0 Å². The average Bonchev–Trinajstić information content (AvgIpc) is 2.74. The highest BCUT2D eigenvalue weighted by Gasteiger charge is 2.40. The van der Waals surface area contributed by atoms with Gasteiger partial charge in [-0.25, -0.2) is 0 Å². The number of nitrogens with one attached hydrogen (secondary N) is 1. The van der Waals surface area contributed by atoms with Crippen molar-refractivity contribution in [1.29, 1.82) is 0 Å². The molecule has 2 fully saturated rings. The van der Waals surface area contributed by atoms with Crippen LogP contribution in [0.25, 0.3) is 0 Å². The fraction of sp³-hybridized carbons (Fsp3) is 1.00. The van der Waals surface area contributed by atoms with Gasteiger partial charge in [-0.2, -0.15) is 11.8 Å². The Kier molecular flexibility index (Phi) is 5.19. The molecule has 0 aromatic heterocycles. The van der Waals surface area contributed by atoms with E-state index in [9.17, 15) is 0 Å². The second-order valence-corrected chi connectivity index (χ2v) is 6.95. The zero-order valence-corrected chi connectivity index (χ0v) is 12.2. The van der Waals surface area contributed by atoms with E-state index in [0.717, 1.165) is 25.0 Å². The summed E-state index contributed by atoms with van der Waals surface area (Å²) in [6, 6.07) is 0. The van der Waals surface area contributed by atoms with Gasteiger partial charge in [0.15, 0.2) is 0 Å². The summed E-state index contributed by atoms with van der Waals surface area (Å²) in [7, 11) is 0. The third-order valence-electron chi connectivity index (χ3n) is 4.14. The minimum absolute atomic E-state index is 0.269. The Morgan fingerprint density at radius 2 is 2.41 bits per heavy atom. The summed E-state index contributed by atoms with van der Waals surface area (Å²) in [6.45, 7) is 7.84. The fourth-order valence-electron chi connectivity index (χ4n) is 3.24. The lowest BCUT2D eigenvalue weighted by Crippen LogP contribution is -2.40. The van der Waals surface area contributed by atoms with E-state index >= 15 is 0 Å². The summed E-state index contributed by atoms with van der Waals surface area (Å²) in [5, 5.41) is 3.46. The zero-order chi connectivity index (χ0) is 12.1. The Morgan fingerprint density at radius 3 is 3.12 bits per heavy atom. The second kappa shape index (κ2) is 6.44. The molecule has 2 aliphatic rings. The maximum absolute atomic E-state index is 6.08. The van der Waals surface area contributed by atoms with Crippen molar-refractivity contribution in [3.05, 3.63) is 0 Å². The van der Waals surface area contributed by atoms with Crippen LogP contribution in [0.4, 0.5) is 0 Å². The monoisotopic (exact) mass is 257 g/mol. The van der Waals surface area contributed by atoms with E-state index in [1.807, 2.05) is 0 Å². The Bertz CT molecular complexity index is 228. The van der Waals surface area contributed by atoms with Gasteiger partial charge in [-0.05, 0) is 56.4 Å². The predicted molar refractivity (Wildman–Crippen MR) is 75.7 cm³/mol. The molecule has 1 spiro atoms. The summed E-state index contributed by atoms with van der Waals surface area (Å²) in [5.41, 5.74) is 0.269. The van der Waals surface area contributed by atoms with Crippen LogP contribution in [0.5, 0.6) is 0 Å². The van der Waals surface area contributed by atoms with Crippen molar-refractivity contribution >= 4 is 11.8 Å². The van der Waals surface area contributed by atoms with Crippen LogP contribution in [-0.4, -0.2) is 36.8 Å². The normalized spacial score (nSPS) is 35.3. The van der Waals surface area contributed by atoms with Crippen LogP contribution in [-0.2, 0) is 4.74 Å². The predicted octanol–water partition coefficient (Wildman–Crippen LogP) is 2.92. The average molecular weight is 257 g/mol. The number of hydrogen-bond acceptors (Lipinski definition) is 3. The van der Waals surface area contributed by atoms with E-state index < -0.39 is 0 Å². The van der Waals surface area contributed by atoms with Crippen molar-refractivity contribution in [3.8, 4) is 0 Å². The highest BCUT2D eigenvalue weighted by molar-refractivity contribution is 7.99. The topological polar surface area (TPSA) is 21.3 Å². The van der Waals surface area contributed by atoms with Gasteiger partial charge < -0.3 is 10.1 Å². The summed E-state index contributed by atoms with van der Waals surface area (Å²) in [5.74, 6) is 4.25. The van der Waals surface area contributed by atoms with Crippen LogP contribution in [0.3, 0.4) is 0 Å². The maximum atomic E-state index is 6.08. The molecule has 0 aromatic rings. The standard InChI is InChI=1S/C14H27NOS/c1-3-15-10-12(2)8-13-4-6-16-14(9-13)5-7-17-11-14/h12-13,15H,3-11H2,1-2H3. The van der Waals surface area contributed by atoms with Gasteiger partial charge in [0.05, 0.1) is 5.60 Å². The minimum atomic E-state index is 0.269. The Labute approximate surface area is 110 Å². The van der Waals surface area contributed by atoms with Crippen LogP contribution in [0.1, 0.15) is 39.5 Å². The molecule has 17 heavy (non-hydrogen) atoms. The first-order valence-electron chi connectivity index (χ1n) is 7.16. The third kappa shape index (κ3) is 3.87. The van der Waals surface area contributed by atoms with E-state index in [1.54, 1.807) is 0 Å². The molecule has 3 unspecified atom stereocenters. The van der Waals surface area contributed by atoms with Gasteiger partial charge >= 0.3 is 0 Å². The lowest BCUT2D eigenvalue weighted by atomic mass is 9.81. The zero-order valence-electron chi connectivity index (χ0n) is 11.3. The molecule has 0 aliphatic carbocycles. The molecule has 3 atom stereocenters. The molecule has 3 heteroatoms. The van der Waals surface area contributed by atoms with Crippen molar-refractivity contribution in [1.82, 2.24) is 5.32 Å². The molecule has 0 aromatic carbocycles. The number of hydrogen-bond donors (Lipinski definition) is 1. The van der Waals surface area contributed by atoms with Crippen LogP contribution < -0.4 is 5.32 Å². The van der Waals surface area contributed by atoms with Crippen molar-refractivity contribution in [2.75, 3.05) is 31.2 Å². The quantitative estimate of drug-likeness (QED) is 0.818. The Hall–Kier alpha value is 0.270. The first kappa shape index (κ1) is 13.7. The lowest BCUT2D eigenvalue weighted by Gasteiger charge is -2.38. The minimum Gasteiger partial charge on any atom is -0.374 e. The number of rotatable bonds is 5. The van der Waals surface area contributed by atoms with E-state index in [0.29, 0.717) is 0 Å². The highest BCUT2D eigenvalue weighted by atomic mass is 32.2. The molecule has 0 bridgehead atoms. The van der Waals surface area contributed by atoms with Gasteiger partial charge in [0, 0.05) is 12.4 Å². The summed E-state index contributed by atoms with van der Waals surface area (Å²) in [4.78, 5) is 0. The van der Waals surface area contributed by atoms with Crippen LogP contribution in [0.15, 0.2) is 0 Å². The van der Waals surface area contributed by atoms with Gasteiger partial charge in [-0.15, -0.1) is 0 Å². The molecule has 2 heterocycles. The third-order valence-corrected chi connectivity index (χ3v) is 5.36. The van der Waals surface area contributed by atoms with Crippen molar-refractivity contribution in [3.63, 3.8) is 0 Å². The van der Waals surface area contributed by atoms with Crippen molar-refractivity contribution in [2.45, 2.75) is 45.1 Å². The van der Waals surface area contributed by atoms with Crippen LogP contribution in [0, 0.1) is 11.8 Å². The molecule has 0 amide bonds. The van der Waals surface area contributed by atoms with Gasteiger partial charge in [-0.1, -0.05) is 13.8 Å². The molecular weight excluding hydrogens is 230 g/mol. The van der Waals surface area contributed by atoms with E-state index in [1.165, 1.54) is 43.7 Å². The molecule has 2 rings (SSSR count). The molecule has 1 N–H and O–H groups in total. The molecule has 100 valence electrons. The first-order chi connectivity index (χ1) is 8.24. The fourth-order valence-corrected chi connectivity index (χ4v) is 4.62. The molecule has 2 saturated heterocycles. The molecule has 2 aliphatic heterocycles. The SMILES string of the molecule is CCNCC(C)CC1CCOC2(CCSC2)C1. The van der Waals surface area contributed by atoms with Gasteiger partial charge in [-0.3, -0.25) is 0 Å². The highest BCUT2D eigenvalue weighted by Crippen LogP contribution is 2.41. The maximum Gasteiger partial charge on any atom is 0.0783 e. The molecular formula is C14H27NOS. The lowest BCUT2D eigenvalue weighted by molar-refractivity contribution is -0.0823. The van der Waals surface area contributed by atoms with Gasteiger partial charge in [0.25, 0.3) is 0 Å². The van der Waals surface area contributed by atoms with Crippen molar-refractivity contribution < 1.29 is 4.74 Å². The van der Waals surface area contributed by atoms with Gasteiger partial charge in [0.1, 0.15) is 0 Å². The largest absolute Gasteiger partial charge is 0.374 e.